The Hall–Kier alpha value is -1.90. The van der Waals surface area contributed by atoms with Gasteiger partial charge >= 0.3 is 0 Å². The normalized spacial score (nSPS) is 23.0. The maximum atomic E-state index is 12.2. The van der Waals surface area contributed by atoms with E-state index in [9.17, 15) is 4.79 Å². The topological polar surface area (TPSA) is 44.2 Å². The van der Waals surface area contributed by atoms with Crippen molar-refractivity contribution in [1.29, 1.82) is 5.41 Å². The fraction of sp³-hybridized carbons (Fsp3) is 0.474. The van der Waals surface area contributed by atoms with Gasteiger partial charge in [-0.05, 0) is 54.7 Å². The van der Waals surface area contributed by atoms with Crippen LogP contribution in [0.15, 0.2) is 36.4 Å². The molecule has 0 aromatic heterocycles. The molecule has 1 atom stereocenters. The molecule has 22 heavy (non-hydrogen) atoms. The fourth-order valence-corrected chi connectivity index (χ4v) is 4.15. The summed E-state index contributed by atoms with van der Waals surface area (Å²) in [4.78, 5) is 14.1. The number of benzene rings is 1. The van der Waals surface area contributed by atoms with E-state index in [1.807, 2.05) is 11.8 Å². The molecule has 1 fully saturated rings. The van der Waals surface area contributed by atoms with E-state index >= 15 is 0 Å². The van der Waals surface area contributed by atoms with Gasteiger partial charge in [0.15, 0.2) is 0 Å². The average molecular weight is 296 g/mol. The van der Waals surface area contributed by atoms with Crippen molar-refractivity contribution in [3.8, 4) is 0 Å². The van der Waals surface area contributed by atoms with Crippen molar-refractivity contribution in [1.82, 2.24) is 4.90 Å². The Kier molecular flexibility index (Phi) is 3.90. The minimum Gasteiger partial charge on any atom is -0.337 e. The third kappa shape index (κ3) is 2.39. The number of fused-ring (bicyclic) bond motifs is 1. The van der Waals surface area contributed by atoms with Crippen molar-refractivity contribution in [2.75, 3.05) is 13.1 Å². The Morgan fingerprint density at radius 3 is 2.64 bits per heavy atom. The molecule has 3 nitrogen and oxygen atoms in total. The van der Waals surface area contributed by atoms with Gasteiger partial charge in [0, 0.05) is 13.1 Å². The molecule has 2 aliphatic rings. The second kappa shape index (κ2) is 5.71. The molecule has 1 aromatic carbocycles. The van der Waals surface area contributed by atoms with Gasteiger partial charge in [0.05, 0.1) is 0 Å². The number of nitrogens with one attached hydrogen (secondary N) is 1. The van der Waals surface area contributed by atoms with Gasteiger partial charge in [-0.25, -0.2) is 0 Å². The van der Waals surface area contributed by atoms with Gasteiger partial charge in [-0.2, -0.15) is 0 Å². The van der Waals surface area contributed by atoms with E-state index in [2.05, 4.69) is 31.2 Å². The predicted molar refractivity (Wildman–Crippen MR) is 89.3 cm³/mol. The van der Waals surface area contributed by atoms with Crippen LogP contribution in [-0.4, -0.2) is 29.6 Å². The van der Waals surface area contributed by atoms with Crippen molar-refractivity contribution in [3.05, 3.63) is 47.5 Å². The first-order valence-corrected chi connectivity index (χ1v) is 8.16. The molecule has 0 bridgehead atoms. The Morgan fingerprint density at radius 1 is 1.32 bits per heavy atom. The number of piperidine rings is 1. The van der Waals surface area contributed by atoms with Crippen LogP contribution in [0.3, 0.4) is 0 Å². The third-order valence-corrected chi connectivity index (χ3v) is 5.59. The molecule has 3 rings (SSSR count). The van der Waals surface area contributed by atoms with Crippen molar-refractivity contribution in [3.63, 3.8) is 0 Å². The number of rotatable bonds is 2. The molecule has 1 aliphatic carbocycles. The van der Waals surface area contributed by atoms with E-state index in [1.54, 1.807) is 12.2 Å². The standard InChI is InChI=1S/C19H24N2O/c1-3-6-17(20)18(22)21-11-9-19(10-12-21)13-15-7-4-5-8-16(15)14(19)2/h3-8,14,20H,9-13H2,1-2H3/b6-3-,20-17?/t14-/m1/s1. The van der Waals surface area contributed by atoms with Crippen LogP contribution in [0.2, 0.25) is 0 Å². The zero-order chi connectivity index (χ0) is 15.7. The molecular formula is C19H24N2O. The molecule has 1 saturated heterocycles. The molecule has 1 aromatic rings. The van der Waals surface area contributed by atoms with Crippen LogP contribution < -0.4 is 0 Å². The lowest BCUT2D eigenvalue weighted by molar-refractivity contribution is -0.126. The van der Waals surface area contributed by atoms with Crippen molar-refractivity contribution >= 4 is 11.6 Å². The van der Waals surface area contributed by atoms with Crippen molar-refractivity contribution in [2.45, 2.75) is 39.0 Å². The van der Waals surface area contributed by atoms with Crippen LogP contribution in [0.25, 0.3) is 0 Å². The Balaban J connectivity index is 1.70. The van der Waals surface area contributed by atoms with Crippen molar-refractivity contribution < 1.29 is 4.79 Å². The first-order valence-electron chi connectivity index (χ1n) is 8.16. The van der Waals surface area contributed by atoms with E-state index in [4.69, 9.17) is 5.41 Å². The lowest BCUT2D eigenvalue weighted by Crippen LogP contribution is -2.46. The molecule has 3 heteroatoms. The molecule has 0 unspecified atom stereocenters. The van der Waals surface area contributed by atoms with Crippen LogP contribution in [-0.2, 0) is 11.2 Å². The Bertz CT molecular complexity index is 624. The molecule has 0 radical (unpaired) electrons. The summed E-state index contributed by atoms with van der Waals surface area (Å²) in [5.74, 6) is 0.437. The van der Waals surface area contributed by atoms with Crippen LogP contribution in [0.1, 0.15) is 43.7 Å². The number of hydrogen-bond donors (Lipinski definition) is 1. The molecule has 1 spiro atoms. The lowest BCUT2D eigenvalue weighted by Gasteiger charge is -2.42. The van der Waals surface area contributed by atoms with Gasteiger partial charge in [-0.1, -0.05) is 37.3 Å². The van der Waals surface area contributed by atoms with E-state index in [-0.39, 0.29) is 11.6 Å². The average Bonchev–Trinajstić information content (AvgIpc) is 2.80. The highest BCUT2D eigenvalue weighted by atomic mass is 16.2. The predicted octanol–water partition coefficient (Wildman–Crippen LogP) is 3.55. The summed E-state index contributed by atoms with van der Waals surface area (Å²) in [6.45, 7) is 5.73. The number of carbonyl (C=O) groups is 1. The highest BCUT2D eigenvalue weighted by Crippen LogP contribution is 2.52. The number of hydrogen-bond acceptors (Lipinski definition) is 2. The van der Waals surface area contributed by atoms with E-state index in [1.165, 1.54) is 11.1 Å². The molecule has 1 heterocycles. The van der Waals surface area contributed by atoms with Gasteiger partial charge < -0.3 is 4.90 Å². The number of allylic oxidation sites excluding steroid dienone is 1. The summed E-state index contributed by atoms with van der Waals surface area (Å²) >= 11 is 0. The maximum Gasteiger partial charge on any atom is 0.271 e. The van der Waals surface area contributed by atoms with Crippen LogP contribution >= 0.6 is 0 Å². The first-order chi connectivity index (χ1) is 10.6. The minimum absolute atomic E-state index is 0.0983. The first kappa shape index (κ1) is 15.0. The van der Waals surface area contributed by atoms with Gasteiger partial charge in [0.1, 0.15) is 5.71 Å². The fourth-order valence-electron chi connectivity index (χ4n) is 4.15. The summed E-state index contributed by atoms with van der Waals surface area (Å²) in [7, 11) is 0. The zero-order valence-electron chi connectivity index (χ0n) is 13.4. The van der Waals surface area contributed by atoms with Crippen LogP contribution in [0.4, 0.5) is 0 Å². The SMILES string of the molecule is C/C=C\C(=N)C(=O)N1CCC2(CC1)Cc1ccccc1[C@H]2C. The Morgan fingerprint density at radius 2 is 2.00 bits per heavy atom. The van der Waals surface area contributed by atoms with Gasteiger partial charge in [-0.3, -0.25) is 10.2 Å². The molecular weight excluding hydrogens is 272 g/mol. The van der Waals surface area contributed by atoms with E-state index < -0.39 is 0 Å². The smallest absolute Gasteiger partial charge is 0.271 e. The van der Waals surface area contributed by atoms with Gasteiger partial charge in [-0.15, -0.1) is 0 Å². The monoisotopic (exact) mass is 296 g/mol. The highest BCUT2D eigenvalue weighted by molar-refractivity contribution is 6.41. The van der Waals surface area contributed by atoms with Crippen LogP contribution in [0.5, 0.6) is 0 Å². The minimum atomic E-state index is -0.129. The second-order valence-electron chi connectivity index (χ2n) is 6.67. The number of carbonyl (C=O) groups excluding carboxylic acids is 1. The summed E-state index contributed by atoms with van der Waals surface area (Å²) in [6.07, 6.45) is 6.55. The Labute approximate surface area is 132 Å². The summed E-state index contributed by atoms with van der Waals surface area (Å²) < 4.78 is 0. The number of likely N-dealkylation sites (tertiary alicyclic amines) is 1. The highest BCUT2D eigenvalue weighted by Gasteiger charge is 2.45. The summed E-state index contributed by atoms with van der Waals surface area (Å²) in [6, 6.07) is 8.76. The molecule has 1 N–H and O–H groups in total. The van der Waals surface area contributed by atoms with Gasteiger partial charge in [0.2, 0.25) is 0 Å². The van der Waals surface area contributed by atoms with E-state index in [0.717, 1.165) is 32.4 Å². The lowest BCUT2D eigenvalue weighted by atomic mass is 9.70. The maximum absolute atomic E-state index is 12.2. The van der Waals surface area contributed by atoms with E-state index in [0.29, 0.717) is 11.3 Å². The molecule has 1 aliphatic heterocycles. The quantitative estimate of drug-likeness (QED) is 0.833. The summed E-state index contributed by atoms with van der Waals surface area (Å²) in [5.41, 5.74) is 3.38. The van der Waals surface area contributed by atoms with Gasteiger partial charge in [0.25, 0.3) is 5.91 Å². The second-order valence-corrected chi connectivity index (χ2v) is 6.67. The van der Waals surface area contributed by atoms with Crippen molar-refractivity contribution in [2.24, 2.45) is 5.41 Å². The zero-order valence-corrected chi connectivity index (χ0v) is 13.4. The number of amides is 1. The third-order valence-electron chi connectivity index (χ3n) is 5.59. The molecule has 1 amide bonds. The molecule has 116 valence electrons. The number of nitrogens with zero attached hydrogens (tertiary/aromatic N) is 1. The summed E-state index contributed by atoms with van der Waals surface area (Å²) in [5, 5.41) is 7.80. The largest absolute Gasteiger partial charge is 0.337 e. The molecule has 0 saturated carbocycles. The van der Waals surface area contributed by atoms with Crippen LogP contribution in [0, 0.1) is 10.8 Å².